The first-order chi connectivity index (χ1) is 18.4. The van der Waals surface area contributed by atoms with E-state index in [2.05, 4.69) is 16.3 Å². The summed E-state index contributed by atoms with van der Waals surface area (Å²) in [5, 5.41) is 31.8. The third-order valence-corrected chi connectivity index (χ3v) is 10.4. The van der Waals surface area contributed by atoms with E-state index in [9.17, 15) is 23.4 Å². The number of rotatable bonds is 2. The molecule has 2 fully saturated rings. The van der Waals surface area contributed by atoms with Gasteiger partial charge in [0, 0.05) is 33.7 Å². The number of allylic oxidation sites excluding steroid dienone is 3. The minimum atomic E-state index is -4.56. The van der Waals surface area contributed by atoms with Crippen molar-refractivity contribution in [1.29, 1.82) is 0 Å². The fourth-order valence-corrected chi connectivity index (χ4v) is 8.54. The minimum Gasteiger partial charge on any atom is -0.388 e. The summed E-state index contributed by atoms with van der Waals surface area (Å²) in [4.78, 5) is 1.87. The molecule has 0 amide bonds. The van der Waals surface area contributed by atoms with Crippen molar-refractivity contribution in [3.63, 3.8) is 0 Å². The Labute approximate surface area is 224 Å². The molecule has 2 aliphatic heterocycles. The number of alkyl halides is 3. The Morgan fingerprint density at radius 2 is 1.82 bits per heavy atom. The van der Waals surface area contributed by atoms with E-state index in [1.165, 1.54) is 0 Å². The number of hydrogen-bond donors (Lipinski definition) is 2. The summed E-state index contributed by atoms with van der Waals surface area (Å²) in [5.74, 6) is -0.189. The second kappa shape index (κ2) is 8.00. The lowest BCUT2D eigenvalue weighted by Crippen LogP contribution is -2.62. The number of aliphatic hydroxyl groups excluding tert-OH is 2. The van der Waals surface area contributed by atoms with Crippen LogP contribution >= 0.6 is 0 Å². The summed E-state index contributed by atoms with van der Waals surface area (Å²) in [5.41, 5.74) is -1.04. The van der Waals surface area contributed by atoms with Crippen LogP contribution in [-0.2, 0) is 4.74 Å². The second-order valence-corrected chi connectivity index (χ2v) is 12.5. The van der Waals surface area contributed by atoms with E-state index in [0.717, 1.165) is 21.9 Å². The predicted molar refractivity (Wildman–Crippen MR) is 139 cm³/mol. The van der Waals surface area contributed by atoms with Gasteiger partial charge in [0.2, 0.25) is 0 Å². The van der Waals surface area contributed by atoms with Crippen LogP contribution in [0.5, 0.6) is 0 Å². The Bertz CT molecular complexity index is 1480. The number of ether oxygens (including phenoxy) is 1. The number of halogens is 3. The van der Waals surface area contributed by atoms with Crippen LogP contribution in [0.4, 0.5) is 13.2 Å². The highest BCUT2D eigenvalue weighted by molar-refractivity contribution is 5.86. The van der Waals surface area contributed by atoms with Crippen molar-refractivity contribution in [3.8, 4) is 0 Å². The maximum absolute atomic E-state index is 14.9. The second-order valence-electron chi connectivity index (χ2n) is 12.5. The topological polar surface area (TPSA) is 78.7 Å². The molecule has 1 aromatic heterocycles. The third kappa shape index (κ3) is 3.30. The van der Waals surface area contributed by atoms with E-state index in [4.69, 9.17) is 4.74 Å². The number of benzene rings is 1. The standard InChI is InChI=1S/C30H32F3N3O3/c1-27-12-22(30(31,32)33)20-11-21-25(37)26(38)23(36(2)3)13-28(21)8-9-29(20,39-28)24(27)7-6-19(27)16-4-5-17-14-34-35-15-18(17)10-16/h4-6,10-11,14-15,23-26,37-38H,7-9,12-13H2,1-3H3. The molecule has 2 aromatic rings. The molecular weight excluding hydrogens is 507 g/mol. The zero-order chi connectivity index (χ0) is 27.5. The highest BCUT2D eigenvalue weighted by Gasteiger charge is 2.69. The number of hydrogen-bond acceptors (Lipinski definition) is 6. The Morgan fingerprint density at radius 1 is 1.08 bits per heavy atom. The molecule has 2 bridgehead atoms. The minimum absolute atomic E-state index is 0.151. The van der Waals surface area contributed by atoms with Gasteiger partial charge in [-0.05, 0) is 74.5 Å². The first-order valence-electron chi connectivity index (χ1n) is 13.6. The summed E-state index contributed by atoms with van der Waals surface area (Å²) < 4.78 is 51.6. The van der Waals surface area contributed by atoms with Gasteiger partial charge in [-0.2, -0.15) is 23.4 Å². The van der Waals surface area contributed by atoms with Crippen molar-refractivity contribution < 1.29 is 28.1 Å². The van der Waals surface area contributed by atoms with E-state index >= 15 is 0 Å². The van der Waals surface area contributed by atoms with Crippen molar-refractivity contribution in [1.82, 2.24) is 15.1 Å². The van der Waals surface area contributed by atoms with Gasteiger partial charge in [0.1, 0.15) is 6.10 Å². The van der Waals surface area contributed by atoms with E-state index in [-0.39, 0.29) is 24.0 Å². The largest absolute Gasteiger partial charge is 0.413 e. The average molecular weight is 540 g/mol. The molecule has 39 heavy (non-hydrogen) atoms. The lowest BCUT2D eigenvalue weighted by atomic mass is 9.56. The fourth-order valence-electron chi connectivity index (χ4n) is 8.54. The molecule has 1 saturated carbocycles. The molecule has 3 aliphatic carbocycles. The van der Waals surface area contributed by atoms with Crippen molar-refractivity contribution in [3.05, 3.63) is 65.0 Å². The van der Waals surface area contributed by atoms with Gasteiger partial charge < -0.3 is 19.8 Å². The molecule has 1 aromatic carbocycles. The lowest BCUT2D eigenvalue weighted by Gasteiger charge is -2.57. The van der Waals surface area contributed by atoms with Crippen LogP contribution in [0.15, 0.2) is 59.5 Å². The van der Waals surface area contributed by atoms with Gasteiger partial charge in [-0.15, -0.1) is 0 Å². The number of aromatic nitrogens is 2. The summed E-state index contributed by atoms with van der Waals surface area (Å²) in [7, 11) is 3.68. The Kier molecular flexibility index (Phi) is 5.20. The van der Waals surface area contributed by atoms with Gasteiger partial charge >= 0.3 is 6.18 Å². The fraction of sp³-hybridized carbons (Fsp3) is 0.533. The van der Waals surface area contributed by atoms with Crippen LogP contribution in [-0.4, -0.2) is 75.0 Å². The summed E-state index contributed by atoms with van der Waals surface area (Å²) in [6, 6.07) is 5.53. The number of fused-ring (bicyclic) bond motifs is 2. The molecule has 5 aliphatic rings. The molecule has 7 rings (SSSR count). The Balaban J connectivity index is 1.39. The lowest BCUT2D eigenvalue weighted by molar-refractivity contribution is -0.170. The van der Waals surface area contributed by atoms with Gasteiger partial charge in [-0.25, -0.2) is 0 Å². The maximum Gasteiger partial charge on any atom is 0.413 e. The van der Waals surface area contributed by atoms with Crippen LogP contribution in [0.3, 0.4) is 0 Å². The SMILES string of the molecule is CN(C)C1CC23CCC4(O2)C(=C(C(F)(F)F)CC2(C)C(c5ccc6cnncc6c5)=CCC24)C=C3C(O)C1O. The van der Waals surface area contributed by atoms with Crippen molar-refractivity contribution in [2.45, 2.75) is 74.7 Å². The monoisotopic (exact) mass is 539 g/mol. The molecule has 3 heterocycles. The van der Waals surface area contributed by atoms with Crippen LogP contribution < -0.4 is 0 Å². The first kappa shape index (κ1) is 25.4. The van der Waals surface area contributed by atoms with Gasteiger partial charge in [-0.3, -0.25) is 0 Å². The molecule has 7 unspecified atom stereocenters. The first-order valence-corrected chi connectivity index (χ1v) is 13.6. The van der Waals surface area contributed by atoms with Crippen molar-refractivity contribution in [2.24, 2.45) is 11.3 Å². The molecule has 0 radical (unpaired) electrons. The summed E-state index contributed by atoms with van der Waals surface area (Å²) in [6.07, 6.45) is 1.89. The van der Waals surface area contributed by atoms with E-state index < -0.39 is 40.6 Å². The average Bonchev–Trinajstić information content (AvgIpc) is 3.40. The molecule has 6 nitrogen and oxygen atoms in total. The molecule has 2 N–H and O–H groups in total. The van der Waals surface area contributed by atoms with E-state index in [1.807, 2.05) is 44.1 Å². The molecule has 206 valence electrons. The van der Waals surface area contributed by atoms with Gasteiger partial charge in [0.25, 0.3) is 0 Å². The smallest absolute Gasteiger partial charge is 0.388 e. The summed E-state index contributed by atoms with van der Waals surface area (Å²) >= 11 is 0. The normalized spacial score (nSPS) is 39.4. The maximum atomic E-state index is 14.9. The third-order valence-electron chi connectivity index (χ3n) is 10.4. The predicted octanol–water partition coefficient (Wildman–Crippen LogP) is 4.59. The van der Waals surface area contributed by atoms with Crippen LogP contribution in [0.25, 0.3) is 16.3 Å². The number of aliphatic hydroxyl groups is 2. The highest BCUT2D eigenvalue weighted by atomic mass is 19.4. The van der Waals surface area contributed by atoms with Crippen LogP contribution in [0.2, 0.25) is 0 Å². The highest BCUT2D eigenvalue weighted by Crippen LogP contribution is 2.70. The van der Waals surface area contributed by atoms with E-state index in [1.54, 1.807) is 18.5 Å². The van der Waals surface area contributed by atoms with Crippen molar-refractivity contribution in [2.75, 3.05) is 14.1 Å². The quantitative estimate of drug-likeness (QED) is 0.582. The van der Waals surface area contributed by atoms with Crippen molar-refractivity contribution >= 4 is 16.3 Å². The van der Waals surface area contributed by atoms with Gasteiger partial charge in [0.15, 0.2) is 0 Å². The van der Waals surface area contributed by atoms with Crippen LogP contribution in [0, 0.1) is 11.3 Å². The zero-order valence-corrected chi connectivity index (χ0v) is 22.2. The zero-order valence-electron chi connectivity index (χ0n) is 22.2. The van der Waals surface area contributed by atoms with Gasteiger partial charge in [-0.1, -0.05) is 31.2 Å². The van der Waals surface area contributed by atoms with Gasteiger partial charge in [0.05, 0.1) is 29.7 Å². The molecule has 7 atom stereocenters. The molecule has 1 saturated heterocycles. The number of nitrogens with zero attached hydrogens (tertiary/aromatic N) is 3. The summed E-state index contributed by atoms with van der Waals surface area (Å²) in [6.45, 7) is 1.96. The molecule has 9 heteroatoms. The molecular formula is C30H32F3N3O3. The number of likely N-dealkylation sites (N-methyl/N-ethyl adjacent to an activating group) is 1. The van der Waals surface area contributed by atoms with E-state index in [0.29, 0.717) is 31.3 Å². The Morgan fingerprint density at radius 3 is 2.54 bits per heavy atom. The molecule has 2 spiro atoms. The van der Waals surface area contributed by atoms with Crippen LogP contribution in [0.1, 0.15) is 44.6 Å². The Hall–Kier alpha value is -2.59.